The number of nitrogens with zero attached hydrogens (tertiary/aromatic N) is 3. The van der Waals surface area contributed by atoms with Crippen molar-refractivity contribution in [2.45, 2.75) is 138 Å². The van der Waals surface area contributed by atoms with Gasteiger partial charge in [0.1, 0.15) is 0 Å². The van der Waals surface area contributed by atoms with E-state index in [4.69, 9.17) is 0 Å². The van der Waals surface area contributed by atoms with E-state index in [-0.39, 0.29) is 0 Å². The summed E-state index contributed by atoms with van der Waals surface area (Å²) in [7, 11) is 0. The molecule has 0 atom stereocenters. The van der Waals surface area contributed by atoms with Gasteiger partial charge in [0.15, 0.2) is 0 Å². The lowest BCUT2D eigenvalue weighted by Gasteiger charge is -2.40. The van der Waals surface area contributed by atoms with E-state index < -0.39 is 0 Å². The monoisotopic (exact) mass is 512 g/mol. The lowest BCUT2D eigenvalue weighted by molar-refractivity contribution is -0.924. The zero-order chi connectivity index (χ0) is 27.1. The molecular weight excluding hydrogens is 442 g/mol. The first-order valence-electron chi connectivity index (χ1n) is 16.4. The minimum Gasteiger partial charge on any atom is -0.331 e. The molecule has 0 radical (unpaired) electrons. The Morgan fingerprint density at radius 2 is 0.778 bits per heavy atom. The molecule has 0 aromatic carbocycles. The van der Waals surface area contributed by atoms with Crippen molar-refractivity contribution in [2.24, 2.45) is 0 Å². The minimum absolute atomic E-state index is 0.404. The van der Waals surface area contributed by atoms with Gasteiger partial charge < -0.3 is 13.9 Å². The van der Waals surface area contributed by atoms with Crippen molar-refractivity contribution in [2.75, 3.05) is 65.4 Å². The Hall–Kier alpha value is -0.610. The van der Waals surface area contributed by atoms with Crippen LogP contribution in [0, 0.1) is 0 Å². The number of rotatable bonds is 26. The van der Waals surface area contributed by atoms with E-state index in [1.54, 1.807) is 0 Å². The van der Waals surface area contributed by atoms with E-state index in [0.29, 0.717) is 5.91 Å². The van der Waals surface area contributed by atoms with Crippen molar-refractivity contribution in [1.29, 1.82) is 0 Å². The fraction of sp³-hybridized carbons (Fsp3) is 0.969. The summed E-state index contributed by atoms with van der Waals surface area (Å²) in [6.45, 7) is 27.1. The van der Waals surface area contributed by atoms with Crippen LogP contribution >= 0.6 is 0 Å². The highest BCUT2D eigenvalue weighted by atomic mass is 16.2. The predicted molar refractivity (Wildman–Crippen MR) is 160 cm³/mol. The molecule has 216 valence electrons. The molecule has 0 bridgehead atoms. The summed E-state index contributed by atoms with van der Waals surface area (Å²) in [4.78, 5) is 15.6. The van der Waals surface area contributed by atoms with Crippen LogP contribution in [0.2, 0.25) is 0 Å². The van der Waals surface area contributed by atoms with Crippen molar-refractivity contribution in [3.63, 3.8) is 0 Å². The van der Waals surface area contributed by atoms with Crippen molar-refractivity contribution in [3.8, 4) is 0 Å². The van der Waals surface area contributed by atoms with Crippen LogP contribution in [0.25, 0.3) is 0 Å². The number of hydrogen-bond acceptors (Lipinski definition) is 1. The number of carbonyl (C=O) groups is 1. The first kappa shape index (κ1) is 35.4. The molecule has 1 amide bonds. The van der Waals surface area contributed by atoms with Gasteiger partial charge in [-0.05, 0) is 48.0 Å². The fourth-order valence-electron chi connectivity index (χ4n) is 5.77. The highest BCUT2D eigenvalue weighted by molar-refractivity contribution is 5.76. The zero-order valence-corrected chi connectivity index (χ0v) is 26.2. The van der Waals surface area contributed by atoms with E-state index in [0.717, 1.165) is 87.3 Å². The molecule has 0 fully saturated rings. The van der Waals surface area contributed by atoms with Gasteiger partial charge in [-0.2, -0.15) is 0 Å². The number of amides is 1. The topological polar surface area (TPSA) is 20.3 Å². The number of unbranched alkanes of at least 4 members (excludes halogenated alkanes) is 12. The number of hydrogen-bond donors (Lipinski definition) is 0. The molecule has 36 heavy (non-hydrogen) atoms. The van der Waals surface area contributed by atoms with Gasteiger partial charge in [-0.15, -0.1) is 0 Å². The largest absolute Gasteiger partial charge is 0.331 e. The molecule has 0 unspecified atom stereocenters. The molecule has 0 spiro atoms. The maximum atomic E-state index is 13.3. The Morgan fingerprint density at radius 1 is 0.472 bits per heavy atom. The Morgan fingerprint density at radius 3 is 1.08 bits per heavy atom. The first-order valence-corrected chi connectivity index (χ1v) is 16.4. The molecule has 4 nitrogen and oxygen atoms in total. The maximum Gasteiger partial charge on any atom is 0.222 e. The molecule has 0 heterocycles. The number of carbonyl (C=O) groups excluding carboxylic acids is 1. The van der Waals surface area contributed by atoms with E-state index in [1.165, 1.54) is 77.0 Å². The second-order valence-electron chi connectivity index (χ2n) is 11.4. The SMILES string of the molecule is CCCCCCCCCCCCCCCC(=O)N(CC[N+](CC)(CC)CC)CC[N+](CC)(CC)CC. The summed E-state index contributed by atoms with van der Waals surface area (Å²) in [6.07, 6.45) is 18.3. The number of quaternary nitrogens is 2. The normalized spacial score (nSPS) is 12.3. The van der Waals surface area contributed by atoms with Gasteiger partial charge in [0.05, 0.1) is 65.4 Å². The van der Waals surface area contributed by atoms with Crippen molar-refractivity contribution >= 4 is 5.91 Å². The second kappa shape index (κ2) is 22.4. The average molecular weight is 512 g/mol. The molecule has 0 aliphatic rings. The molecule has 4 heteroatoms. The lowest BCUT2D eigenvalue weighted by Crippen LogP contribution is -2.55. The maximum absolute atomic E-state index is 13.3. The van der Waals surface area contributed by atoms with Crippen molar-refractivity contribution < 1.29 is 13.8 Å². The minimum atomic E-state index is 0.404. The fourth-order valence-corrected chi connectivity index (χ4v) is 5.77. The van der Waals surface area contributed by atoms with Crippen LogP contribution in [0.15, 0.2) is 0 Å². The van der Waals surface area contributed by atoms with Gasteiger partial charge >= 0.3 is 0 Å². The van der Waals surface area contributed by atoms with Crippen molar-refractivity contribution in [1.82, 2.24) is 4.90 Å². The Bertz CT molecular complexity index is 459. The van der Waals surface area contributed by atoms with Gasteiger partial charge in [0.2, 0.25) is 5.91 Å². The van der Waals surface area contributed by atoms with Gasteiger partial charge in [-0.1, -0.05) is 84.0 Å². The van der Waals surface area contributed by atoms with Crippen LogP contribution in [-0.4, -0.2) is 85.2 Å². The number of likely N-dealkylation sites (N-methyl/N-ethyl adjacent to an activating group) is 2. The second-order valence-corrected chi connectivity index (χ2v) is 11.4. The summed E-state index contributed by atoms with van der Waals surface area (Å²) >= 11 is 0. The van der Waals surface area contributed by atoms with Gasteiger partial charge in [0, 0.05) is 6.42 Å². The molecule has 0 aliphatic heterocycles. The van der Waals surface area contributed by atoms with Gasteiger partial charge in [-0.3, -0.25) is 4.79 Å². The van der Waals surface area contributed by atoms with Crippen LogP contribution < -0.4 is 0 Å². The summed E-state index contributed by atoms with van der Waals surface area (Å²) in [5.41, 5.74) is 0. The third kappa shape index (κ3) is 15.0. The summed E-state index contributed by atoms with van der Waals surface area (Å²) in [5.74, 6) is 0.404. The quantitative estimate of drug-likeness (QED) is 0.0849. The van der Waals surface area contributed by atoms with Gasteiger partial charge in [0.25, 0.3) is 0 Å². The summed E-state index contributed by atoms with van der Waals surface area (Å²) < 4.78 is 2.25. The summed E-state index contributed by atoms with van der Waals surface area (Å²) in [5, 5.41) is 0. The standard InChI is InChI=1S/C32H69N3O/c1-8-15-16-17-18-19-20-21-22-23-24-25-26-27-32(36)33(28-30-34(9-2,10-3)11-4)29-31-35(12-5,13-6)14-7/h8-31H2,1-7H3/q+2. The van der Waals surface area contributed by atoms with Crippen LogP contribution in [0.4, 0.5) is 0 Å². The van der Waals surface area contributed by atoms with E-state index >= 15 is 0 Å². The molecule has 0 aromatic rings. The molecular formula is C32H69N3O+2. The van der Waals surface area contributed by atoms with E-state index in [9.17, 15) is 4.79 Å². The van der Waals surface area contributed by atoms with Crippen molar-refractivity contribution in [3.05, 3.63) is 0 Å². The van der Waals surface area contributed by atoms with Crippen LogP contribution in [0.1, 0.15) is 138 Å². The first-order chi connectivity index (χ1) is 17.4. The Kier molecular flexibility index (Phi) is 22.0. The molecule has 0 N–H and O–H groups in total. The van der Waals surface area contributed by atoms with E-state index in [1.807, 2.05) is 0 Å². The Balaban J connectivity index is 4.45. The van der Waals surface area contributed by atoms with Gasteiger partial charge in [-0.25, -0.2) is 0 Å². The summed E-state index contributed by atoms with van der Waals surface area (Å²) in [6, 6.07) is 0. The third-order valence-corrected chi connectivity index (χ3v) is 9.56. The lowest BCUT2D eigenvalue weighted by atomic mass is 10.0. The highest BCUT2D eigenvalue weighted by Crippen LogP contribution is 2.15. The highest BCUT2D eigenvalue weighted by Gasteiger charge is 2.27. The predicted octanol–water partition coefficient (Wildman–Crippen LogP) is 8.05. The molecule has 0 aromatic heterocycles. The van der Waals surface area contributed by atoms with Crippen LogP contribution in [-0.2, 0) is 4.79 Å². The Labute approximate surface area is 228 Å². The zero-order valence-electron chi connectivity index (χ0n) is 26.2. The van der Waals surface area contributed by atoms with Crippen LogP contribution in [0.5, 0.6) is 0 Å². The molecule has 0 saturated heterocycles. The smallest absolute Gasteiger partial charge is 0.222 e. The van der Waals surface area contributed by atoms with E-state index in [2.05, 4.69) is 53.4 Å². The third-order valence-electron chi connectivity index (χ3n) is 9.56. The average Bonchev–Trinajstić information content (AvgIpc) is 2.91. The van der Waals surface area contributed by atoms with Crippen LogP contribution in [0.3, 0.4) is 0 Å². The molecule has 0 rings (SSSR count). The molecule has 0 saturated carbocycles. The molecule has 0 aliphatic carbocycles.